The van der Waals surface area contributed by atoms with Crippen LogP contribution < -0.4 is 0 Å². The third kappa shape index (κ3) is 20.4. The maximum atomic E-state index is 13.5. The molecule has 0 amide bonds. The van der Waals surface area contributed by atoms with Gasteiger partial charge in [-0.2, -0.15) is 0 Å². The lowest BCUT2D eigenvalue weighted by Crippen LogP contribution is -2.63. The molecule has 2 rings (SSSR count). The molecule has 338 valence electrons. The molecule has 0 aromatic heterocycles. The van der Waals surface area contributed by atoms with Gasteiger partial charge < -0.3 is 59.8 Å². The SMILES string of the molecule is CCCCCCCCCCCCCCCC(O)C(CCCCCCCCCCCCCC)C(=O)OCC1OC(OC2OC(CO)C(O)C(O)C2O)C(O)C(O)C1O. The van der Waals surface area contributed by atoms with Crippen molar-refractivity contribution in [1.29, 1.82) is 0 Å². The Morgan fingerprint density at radius 2 is 0.842 bits per heavy atom. The molecule has 0 aliphatic carbocycles. The van der Waals surface area contributed by atoms with Crippen LogP contribution in [0, 0.1) is 5.92 Å². The lowest BCUT2D eigenvalue weighted by molar-refractivity contribution is -0.376. The monoisotopic (exact) mass is 821 g/mol. The first kappa shape index (κ1) is 52.2. The minimum Gasteiger partial charge on any atom is -0.463 e. The highest BCUT2D eigenvalue weighted by molar-refractivity contribution is 5.73. The van der Waals surface area contributed by atoms with Gasteiger partial charge in [-0.15, -0.1) is 0 Å². The van der Waals surface area contributed by atoms with E-state index in [9.17, 15) is 45.6 Å². The van der Waals surface area contributed by atoms with E-state index >= 15 is 0 Å². The molecule has 13 heteroatoms. The Hall–Kier alpha value is -0.970. The minimum absolute atomic E-state index is 0.453. The Kier molecular flexibility index (Phi) is 29.1. The second kappa shape index (κ2) is 31.8. The van der Waals surface area contributed by atoms with Gasteiger partial charge >= 0.3 is 5.97 Å². The molecule has 13 nitrogen and oxygen atoms in total. The van der Waals surface area contributed by atoms with Crippen LogP contribution in [0.1, 0.15) is 187 Å². The van der Waals surface area contributed by atoms with Crippen molar-refractivity contribution in [2.75, 3.05) is 13.2 Å². The molecule has 0 bridgehead atoms. The highest BCUT2D eigenvalue weighted by Crippen LogP contribution is 2.29. The molecular formula is C44H84O13. The average molecular weight is 821 g/mol. The summed E-state index contributed by atoms with van der Waals surface area (Å²) in [7, 11) is 0. The van der Waals surface area contributed by atoms with Crippen LogP contribution in [0.5, 0.6) is 0 Å². The Balaban J connectivity index is 1.87. The molecule has 2 aliphatic heterocycles. The molecule has 0 aromatic carbocycles. The van der Waals surface area contributed by atoms with Gasteiger partial charge in [0.1, 0.15) is 55.4 Å². The van der Waals surface area contributed by atoms with Crippen LogP contribution in [0.2, 0.25) is 0 Å². The summed E-state index contributed by atoms with van der Waals surface area (Å²) < 4.78 is 22.1. The molecule has 0 radical (unpaired) electrons. The molecule has 2 saturated heterocycles. The zero-order valence-electron chi connectivity index (χ0n) is 35.6. The fraction of sp³-hybridized carbons (Fsp3) is 0.977. The summed E-state index contributed by atoms with van der Waals surface area (Å²) in [5.74, 6) is -1.41. The molecule has 2 heterocycles. The molecule has 12 unspecified atom stereocenters. The molecule has 0 saturated carbocycles. The molecule has 0 spiro atoms. The van der Waals surface area contributed by atoms with E-state index in [4.69, 9.17) is 18.9 Å². The molecule has 12 atom stereocenters. The number of carbonyl (C=O) groups excluding carboxylic acids is 1. The normalized spacial score (nSPS) is 29.0. The van der Waals surface area contributed by atoms with E-state index in [-0.39, 0.29) is 0 Å². The van der Waals surface area contributed by atoms with Crippen LogP contribution in [0.3, 0.4) is 0 Å². The predicted octanol–water partition coefficient (Wildman–Crippen LogP) is 5.70. The van der Waals surface area contributed by atoms with E-state index < -0.39 is 92.6 Å². The zero-order valence-corrected chi connectivity index (χ0v) is 35.6. The molecule has 2 aliphatic rings. The molecular weight excluding hydrogens is 736 g/mol. The highest BCUT2D eigenvalue weighted by atomic mass is 16.8. The van der Waals surface area contributed by atoms with Crippen LogP contribution in [-0.2, 0) is 23.7 Å². The summed E-state index contributed by atoms with van der Waals surface area (Å²) >= 11 is 0. The molecule has 57 heavy (non-hydrogen) atoms. The number of hydrogen-bond acceptors (Lipinski definition) is 13. The van der Waals surface area contributed by atoms with E-state index in [1.807, 2.05) is 0 Å². The lowest BCUT2D eigenvalue weighted by atomic mass is 9.91. The fourth-order valence-electron chi connectivity index (χ4n) is 7.99. The maximum absolute atomic E-state index is 13.5. The fourth-order valence-corrected chi connectivity index (χ4v) is 7.99. The van der Waals surface area contributed by atoms with Crippen molar-refractivity contribution >= 4 is 5.97 Å². The number of ether oxygens (including phenoxy) is 4. The average Bonchev–Trinajstić information content (AvgIpc) is 3.20. The van der Waals surface area contributed by atoms with E-state index in [1.165, 1.54) is 116 Å². The lowest BCUT2D eigenvalue weighted by Gasteiger charge is -2.44. The van der Waals surface area contributed by atoms with Gasteiger partial charge in [-0.05, 0) is 12.8 Å². The van der Waals surface area contributed by atoms with Crippen molar-refractivity contribution in [1.82, 2.24) is 0 Å². The van der Waals surface area contributed by atoms with Crippen molar-refractivity contribution in [3.63, 3.8) is 0 Å². The van der Waals surface area contributed by atoms with E-state index in [1.54, 1.807) is 0 Å². The Morgan fingerprint density at radius 3 is 1.25 bits per heavy atom. The van der Waals surface area contributed by atoms with Crippen LogP contribution in [0.25, 0.3) is 0 Å². The van der Waals surface area contributed by atoms with E-state index in [0.717, 1.165) is 44.9 Å². The van der Waals surface area contributed by atoms with E-state index in [2.05, 4.69) is 13.8 Å². The second-order valence-corrected chi connectivity index (χ2v) is 16.9. The third-order valence-corrected chi connectivity index (χ3v) is 11.9. The van der Waals surface area contributed by atoms with Crippen molar-refractivity contribution in [2.45, 2.75) is 255 Å². The summed E-state index contributed by atoms with van der Waals surface area (Å²) in [5.41, 5.74) is 0. The highest BCUT2D eigenvalue weighted by Gasteiger charge is 2.50. The Labute approximate surface area is 343 Å². The van der Waals surface area contributed by atoms with Crippen LogP contribution in [-0.4, -0.2) is 128 Å². The van der Waals surface area contributed by atoms with Gasteiger partial charge in [0.25, 0.3) is 0 Å². The molecule has 8 N–H and O–H groups in total. The van der Waals surface area contributed by atoms with Gasteiger partial charge in [0.05, 0.1) is 18.6 Å². The Morgan fingerprint density at radius 1 is 0.491 bits per heavy atom. The summed E-state index contributed by atoms with van der Waals surface area (Å²) in [6.07, 6.45) is 13.5. The van der Waals surface area contributed by atoms with Crippen LogP contribution in [0.4, 0.5) is 0 Å². The van der Waals surface area contributed by atoms with Gasteiger partial charge in [-0.25, -0.2) is 0 Å². The van der Waals surface area contributed by atoms with Crippen LogP contribution >= 0.6 is 0 Å². The topological polar surface area (TPSA) is 216 Å². The summed E-state index contributed by atoms with van der Waals surface area (Å²) in [6.45, 7) is 3.25. The van der Waals surface area contributed by atoms with Crippen molar-refractivity contribution in [3.05, 3.63) is 0 Å². The summed E-state index contributed by atoms with van der Waals surface area (Å²) in [6, 6.07) is 0. The minimum atomic E-state index is -1.82. The zero-order chi connectivity index (χ0) is 41.8. The standard InChI is InChI=1S/C44H84O13/c1-3-5-7-9-11-13-15-17-19-21-23-25-27-29-33(46)32(28-26-24-22-20-18-16-14-12-10-8-6-4-2)42(53)54-31-35-37(48)39(50)41(52)44(56-35)57-43-40(51)38(49)36(47)34(30-45)55-43/h32-41,43-52H,3-31H2,1-2H3. The Bertz CT molecular complexity index is 972. The first-order valence-electron chi connectivity index (χ1n) is 23.1. The molecule has 2 fully saturated rings. The van der Waals surface area contributed by atoms with E-state index in [0.29, 0.717) is 12.8 Å². The number of aliphatic hydroxyl groups is 8. The number of unbranched alkanes of at least 4 members (excludes halogenated alkanes) is 23. The van der Waals surface area contributed by atoms with Gasteiger partial charge in [0.15, 0.2) is 12.6 Å². The summed E-state index contributed by atoms with van der Waals surface area (Å²) in [5, 5.41) is 83.2. The smallest absolute Gasteiger partial charge is 0.311 e. The van der Waals surface area contributed by atoms with Gasteiger partial charge in [-0.1, -0.05) is 174 Å². The number of hydrogen-bond donors (Lipinski definition) is 8. The van der Waals surface area contributed by atoms with Crippen LogP contribution in [0.15, 0.2) is 0 Å². The predicted molar refractivity (Wildman–Crippen MR) is 218 cm³/mol. The number of aliphatic hydroxyl groups excluding tert-OH is 8. The first-order chi connectivity index (χ1) is 27.6. The number of carbonyl (C=O) groups is 1. The van der Waals surface area contributed by atoms with Gasteiger partial charge in [-0.3, -0.25) is 4.79 Å². The third-order valence-electron chi connectivity index (χ3n) is 11.9. The summed E-state index contributed by atoms with van der Waals surface area (Å²) in [4.78, 5) is 13.5. The number of esters is 1. The van der Waals surface area contributed by atoms with Crippen molar-refractivity contribution in [2.24, 2.45) is 5.92 Å². The van der Waals surface area contributed by atoms with Gasteiger partial charge in [0, 0.05) is 0 Å². The van der Waals surface area contributed by atoms with Crippen molar-refractivity contribution < 1.29 is 64.6 Å². The molecule has 0 aromatic rings. The van der Waals surface area contributed by atoms with Gasteiger partial charge in [0.2, 0.25) is 0 Å². The first-order valence-corrected chi connectivity index (χ1v) is 23.1. The van der Waals surface area contributed by atoms with Crippen molar-refractivity contribution in [3.8, 4) is 0 Å². The number of rotatable bonds is 34. The largest absolute Gasteiger partial charge is 0.463 e. The quantitative estimate of drug-likeness (QED) is 0.0289. The maximum Gasteiger partial charge on any atom is 0.311 e. The second-order valence-electron chi connectivity index (χ2n) is 16.9.